The highest BCUT2D eigenvalue weighted by atomic mass is 16.1. The molecule has 1 rings (SSSR count). The standard InChI is InChI=1S/C17H28N2O/c1-11(2)14-6-7-16(15(9-14)12(3)4)19-17(20)8-13(5)10-18/h6-7,9,11-13H,8,10,18H2,1-5H3,(H,19,20). The molecule has 0 saturated carbocycles. The highest BCUT2D eigenvalue weighted by molar-refractivity contribution is 5.91. The number of hydrogen-bond donors (Lipinski definition) is 2. The Labute approximate surface area is 122 Å². The number of hydrogen-bond acceptors (Lipinski definition) is 2. The van der Waals surface area contributed by atoms with Crippen LogP contribution in [0.4, 0.5) is 5.69 Å². The molecule has 3 N–H and O–H groups in total. The van der Waals surface area contributed by atoms with Gasteiger partial charge in [-0.05, 0) is 41.5 Å². The molecule has 0 radical (unpaired) electrons. The fraction of sp³-hybridized carbons (Fsp3) is 0.588. The Hall–Kier alpha value is -1.35. The predicted octanol–water partition coefficient (Wildman–Crippen LogP) is 3.86. The van der Waals surface area contributed by atoms with Crippen LogP contribution in [0.5, 0.6) is 0 Å². The fourth-order valence-electron chi connectivity index (χ4n) is 2.13. The molecule has 1 amide bonds. The Bertz CT molecular complexity index is 452. The van der Waals surface area contributed by atoms with E-state index >= 15 is 0 Å². The number of amides is 1. The third-order valence-electron chi connectivity index (χ3n) is 3.57. The zero-order chi connectivity index (χ0) is 15.3. The van der Waals surface area contributed by atoms with E-state index in [1.54, 1.807) is 0 Å². The molecule has 1 unspecified atom stereocenters. The average Bonchev–Trinajstić information content (AvgIpc) is 2.38. The van der Waals surface area contributed by atoms with Crippen molar-refractivity contribution in [3.8, 4) is 0 Å². The highest BCUT2D eigenvalue weighted by Gasteiger charge is 2.13. The number of benzene rings is 1. The normalized spacial score (nSPS) is 12.8. The fourth-order valence-corrected chi connectivity index (χ4v) is 2.13. The molecule has 0 spiro atoms. The van der Waals surface area contributed by atoms with Crippen LogP contribution in [0.25, 0.3) is 0 Å². The molecule has 0 saturated heterocycles. The van der Waals surface area contributed by atoms with E-state index in [1.165, 1.54) is 11.1 Å². The van der Waals surface area contributed by atoms with Crippen molar-refractivity contribution in [3.63, 3.8) is 0 Å². The maximum absolute atomic E-state index is 12.0. The second-order valence-corrected chi connectivity index (χ2v) is 6.25. The summed E-state index contributed by atoms with van der Waals surface area (Å²) in [5, 5.41) is 3.03. The van der Waals surface area contributed by atoms with Crippen LogP contribution >= 0.6 is 0 Å². The SMILES string of the molecule is CC(CN)CC(=O)Nc1ccc(C(C)C)cc1C(C)C. The molecule has 0 heterocycles. The minimum atomic E-state index is 0.0437. The maximum atomic E-state index is 12.0. The average molecular weight is 276 g/mol. The molecule has 1 aromatic carbocycles. The van der Waals surface area contributed by atoms with Crippen LogP contribution in [0.1, 0.15) is 64.0 Å². The second kappa shape index (κ2) is 7.44. The second-order valence-electron chi connectivity index (χ2n) is 6.25. The van der Waals surface area contributed by atoms with Crippen molar-refractivity contribution in [1.82, 2.24) is 0 Å². The molecule has 1 atom stereocenters. The van der Waals surface area contributed by atoms with E-state index in [-0.39, 0.29) is 11.8 Å². The molecule has 0 aromatic heterocycles. The molecular weight excluding hydrogens is 248 g/mol. The Morgan fingerprint density at radius 1 is 1.15 bits per heavy atom. The summed E-state index contributed by atoms with van der Waals surface area (Å²) in [5.41, 5.74) is 9.00. The largest absolute Gasteiger partial charge is 0.330 e. The molecule has 0 aliphatic carbocycles. The number of carbonyl (C=O) groups is 1. The van der Waals surface area contributed by atoms with Crippen molar-refractivity contribution in [2.75, 3.05) is 11.9 Å². The van der Waals surface area contributed by atoms with Crippen molar-refractivity contribution in [2.45, 2.75) is 52.9 Å². The molecule has 1 aromatic rings. The van der Waals surface area contributed by atoms with Gasteiger partial charge in [-0.2, -0.15) is 0 Å². The van der Waals surface area contributed by atoms with Gasteiger partial charge >= 0.3 is 0 Å². The van der Waals surface area contributed by atoms with E-state index in [1.807, 2.05) is 13.0 Å². The molecule has 0 fully saturated rings. The van der Waals surface area contributed by atoms with Gasteiger partial charge in [0.2, 0.25) is 5.91 Å². The van der Waals surface area contributed by atoms with Crippen LogP contribution in [0.2, 0.25) is 0 Å². The van der Waals surface area contributed by atoms with Gasteiger partial charge in [0.15, 0.2) is 0 Å². The van der Waals surface area contributed by atoms with E-state index in [9.17, 15) is 4.79 Å². The molecule has 0 aliphatic rings. The Morgan fingerprint density at radius 2 is 1.80 bits per heavy atom. The summed E-state index contributed by atoms with van der Waals surface area (Å²) in [5.74, 6) is 1.14. The molecule has 3 heteroatoms. The first-order valence-electron chi connectivity index (χ1n) is 7.48. The summed E-state index contributed by atoms with van der Waals surface area (Å²) in [6, 6.07) is 6.32. The van der Waals surface area contributed by atoms with Crippen LogP contribution in [0.3, 0.4) is 0 Å². The first kappa shape index (κ1) is 16.7. The number of nitrogens with one attached hydrogen (secondary N) is 1. The van der Waals surface area contributed by atoms with Gasteiger partial charge in [0.05, 0.1) is 0 Å². The molecule has 3 nitrogen and oxygen atoms in total. The number of anilines is 1. The molecule has 0 bridgehead atoms. The Morgan fingerprint density at radius 3 is 2.30 bits per heavy atom. The first-order valence-corrected chi connectivity index (χ1v) is 7.48. The van der Waals surface area contributed by atoms with Gasteiger partial charge in [0.1, 0.15) is 0 Å². The van der Waals surface area contributed by atoms with Crippen LogP contribution in [0, 0.1) is 5.92 Å². The zero-order valence-electron chi connectivity index (χ0n) is 13.4. The minimum absolute atomic E-state index is 0.0437. The van der Waals surface area contributed by atoms with Crippen LogP contribution < -0.4 is 11.1 Å². The van der Waals surface area contributed by atoms with Gasteiger partial charge < -0.3 is 11.1 Å². The van der Waals surface area contributed by atoms with Crippen molar-refractivity contribution < 1.29 is 4.79 Å². The van der Waals surface area contributed by atoms with E-state index in [0.717, 1.165) is 5.69 Å². The summed E-state index contributed by atoms with van der Waals surface area (Å²) in [6.45, 7) is 11.2. The van der Waals surface area contributed by atoms with Crippen molar-refractivity contribution in [1.29, 1.82) is 0 Å². The number of rotatable bonds is 6. The van der Waals surface area contributed by atoms with Crippen LogP contribution in [-0.2, 0) is 4.79 Å². The monoisotopic (exact) mass is 276 g/mol. The lowest BCUT2D eigenvalue weighted by Crippen LogP contribution is -2.20. The van der Waals surface area contributed by atoms with E-state index in [0.29, 0.717) is 24.8 Å². The summed E-state index contributed by atoms with van der Waals surface area (Å²) >= 11 is 0. The smallest absolute Gasteiger partial charge is 0.224 e. The Kier molecular flexibility index (Phi) is 6.21. The third kappa shape index (κ3) is 4.64. The number of carbonyl (C=O) groups excluding carboxylic acids is 1. The van der Waals surface area contributed by atoms with Gasteiger partial charge in [-0.15, -0.1) is 0 Å². The summed E-state index contributed by atoms with van der Waals surface area (Å²) in [6.07, 6.45) is 0.472. The zero-order valence-corrected chi connectivity index (χ0v) is 13.4. The maximum Gasteiger partial charge on any atom is 0.224 e. The topological polar surface area (TPSA) is 55.1 Å². The van der Waals surface area contributed by atoms with E-state index in [4.69, 9.17) is 5.73 Å². The quantitative estimate of drug-likeness (QED) is 0.829. The van der Waals surface area contributed by atoms with Crippen molar-refractivity contribution in [2.24, 2.45) is 11.7 Å². The lowest BCUT2D eigenvalue weighted by Gasteiger charge is -2.17. The molecule has 0 aliphatic heterocycles. The molecule has 20 heavy (non-hydrogen) atoms. The predicted molar refractivity (Wildman–Crippen MR) is 86.1 cm³/mol. The summed E-state index contributed by atoms with van der Waals surface area (Å²) in [4.78, 5) is 12.0. The van der Waals surface area contributed by atoms with Crippen LogP contribution in [-0.4, -0.2) is 12.5 Å². The Balaban J connectivity index is 2.91. The van der Waals surface area contributed by atoms with Crippen molar-refractivity contribution in [3.05, 3.63) is 29.3 Å². The van der Waals surface area contributed by atoms with Gasteiger partial charge in [0.25, 0.3) is 0 Å². The van der Waals surface area contributed by atoms with Crippen molar-refractivity contribution >= 4 is 11.6 Å². The van der Waals surface area contributed by atoms with Gasteiger partial charge in [0, 0.05) is 12.1 Å². The molecule has 112 valence electrons. The minimum Gasteiger partial charge on any atom is -0.330 e. The van der Waals surface area contributed by atoms with Crippen LogP contribution in [0.15, 0.2) is 18.2 Å². The summed E-state index contributed by atoms with van der Waals surface area (Å²) < 4.78 is 0. The highest BCUT2D eigenvalue weighted by Crippen LogP contribution is 2.28. The number of nitrogens with two attached hydrogens (primary N) is 1. The van der Waals surface area contributed by atoms with Gasteiger partial charge in [-0.25, -0.2) is 0 Å². The molecular formula is C17H28N2O. The lowest BCUT2D eigenvalue weighted by molar-refractivity contribution is -0.116. The van der Waals surface area contributed by atoms with Gasteiger partial charge in [-0.3, -0.25) is 4.79 Å². The lowest BCUT2D eigenvalue weighted by atomic mass is 9.94. The first-order chi connectivity index (χ1) is 9.35. The third-order valence-corrected chi connectivity index (χ3v) is 3.57. The van der Waals surface area contributed by atoms with Gasteiger partial charge in [-0.1, -0.05) is 46.8 Å². The van der Waals surface area contributed by atoms with E-state index < -0.39 is 0 Å². The van der Waals surface area contributed by atoms with E-state index in [2.05, 4.69) is 45.1 Å². The summed E-state index contributed by atoms with van der Waals surface area (Å²) in [7, 11) is 0.